The fourth-order valence-corrected chi connectivity index (χ4v) is 6.03. The van der Waals surface area contributed by atoms with Gasteiger partial charge in [0.25, 0.3) is 0 Å². The molecule has 2 bridgehead atoms. The summed E-state index contributed by atoms with van der Waals surface area (Å²) in [5.41, 5.74) is -4.83. The maximum atomic E-state index is 16.3. The number of piperazine rings is 1. The zero-order chi connectivity index (χ0) is 34.6. The van der Waals surface area contributed by atoms with Crippen LogP contribution in [-0.4, -0.2) is 75.4 Å². The van der Waals surface area contributed by atoms with E-state index in [9.17, 15) is 35.9 Å². The highest BCUT2D eigenvalue weighted by Crippen LogP contribution is 2.45. The number of carbonyl (C=O) groups excluding carboxylic acids is 2. The van der Waals surface area contributed by atoms with E-state index in [0.29, 0.717) is 12.8 Å². The number of amides is 2. The quantitative estimate of drug-likeness (QED) is 0.285. The second kappa shape index (κ2) is 12.1. The number of ether oxygens (including phenoxy) is 2. The van der Waals surface area contributed by atoms with E-state index in [4.69, 9.17) is 21.1 Å². The molecule has 47 heavy (non-hydrogen) atoms. The van der Waals surface area contributed by atoms with E-state index in [0.717, 1.165) is 25.3 Å². The van der Waals surface area contributed by atoms with E-state index in [1.54, 1.807) is 30.6 Å². The van der Waals surface area contributed by atoms with E-state index < -0.39 is 87.8 Å². The number of carbonyl (C=O) groups is 2. The summed E-state index contributed by atoms with van der Waals surface area (Å²) < 4.78 is 108. The molecule has 10 nitrogen and oxygen atoms in total. The van der Waals surface area contributed by atoms with Crippen molar-refractivity contribution in [1.82, 2.24) is 19.9 Å². The zero-order valence-corrected chi connectivity index (χ0v) is 26.1. The van der Waals surface area contributed by atoms with Crippen LogP contribution in [0, 0.1) is 5.82 Å². The van der Waals surface area contributed by atoms with Crippen LogP contribution in [0.1, 0.15) is 46.1 Å². The molecule has 0 radical (unpaired) electrons. The third-order valence-corrected chi connectivity index (χ3v) is 7.64. The van der Waals surface area contributed by atoms with Crippen LogP contribution in [0.2, 0.25) is 5.02 Å². The number of pyridine rings is 1. The normalized spacial score (nSPS) is 18.5. The molecule has 3 aromatic rings. The Morgan fingerprint density at radius 3 is 2.23 bits per heavy atom. The number of rotatable bonds is 5. The fourth-order valence-electron chi connectivity index (χ4n) is 5.71. The molecule has 2 unspecified atom stereocenters. The van der Waals surface area contributed by atoms with Crippen molar-refractivity contribution >= 4 is 46.0 Å². The third-order valence-electron chi connectivity index (χ3n) is 7.34. The molecule has 0 spiro atoms. The molecule has 4 heterocycles. The Balaban J connectivity index is 1.63. The number of aromatic nitrogens is 3. The van der Waals surface area contributed by atoms with Gasteiger partial charge in [-0.3, -0.25) is 14.7 Å². The number of nitrogens with zero attached hydrogens (tertiary/aromatic N) is 5. The third kappa shape index (κ3) is 7.39. The van der Waals surface area contributed by atoms with Gasteiger partial charge in [0.15, 0.2) is 12.4 Å². The van der Waals surface area contributed by atoms with Crippen LogP contribution in [-0.2, 0) is 15.7 Å². The molecule has 254 valence electrons. The summed E-state index contributed by atoms with van der Waals surface area (Å²) in [5, 5.41) is 1.29. The standard InChI is InChI=1S/C29H28ClF7N6O4/c1-13(44)39-14-7-17(20(19(30)8-14)29(35,36)37)22-21(31)23-18(9-38-22)24(41-25(40-23)46-12-28(32,33)34)42-10-15-5-6-16(11-42)43(15)26(45)47-27(2,3)4/h7-9,15-16H,5-6,10-12H2,1-4H3,(H,39,44). The molecule has 0 saturated carbocycles. The van der Waals surface area contributed by atoms with E-state index >= 15 is 4.39 Å². The second-order valence-electron chi connectivity index (χ2n) is 12.2. The summed E-state index contributed by atoms with van der Waals surface area (Å²) in [7, 11) is 0. The average molecular weight is 693 g/mol. The number of halogens is 8. The molecule has 1 aromatic carbocycles. The molecular formula is C29H28ClF7N6O4. The number of alkyl halides is 6. The Bertz CT molecular complexity index is 1720. The van der Waals surface area contributed by atoms with Crippen LogP contribution in [0.25, 0.3) is 22.2 Å². The first-order valence-corrected chi connectivity index (χ1v) is 14.6. The van der Waals surface area contributed by atoms with Gasteiger partial charge in [0.2, 0.25) is 5.91 Å². The van der Waals surface area contributed by atoms with Gasteiger partial charge in [-0.25, -0.2) is 9.18 Å². The van der Waals surface area contributed by atoms with Crippen molar-refractivity contribution in [3.05, 3.63) is 34.7 Å². The predicted molar refractivity (Wildman–Crippen MR) is 156 cm³/mol. The smallest absolute Gasteiger partial charge is 0.422 e. The molecule has 2 atom stereocenters. The number of hydrogen-bond acceptors (Lipinski definition) is 8. The maximum Gasteiger partial charge on any atom is 0.422 e. The van der Waals surface area contributed by atoms with Gasteiger partial charge in [-0.2, -0.15) is 36.3 Å². The van der Waals surface area contributed by atoms with E-state index in [1.165, 1.54) is 0 Å². The van der Waals surface area contributed by atoms with Crippen LogP contribution in [0.15, 0.2) is 18.3 Å². The first kappa shape index (κ1) is 34.2. The van der Waals surface area contributed by atoms with Crippen molar-refractivity contribution in [3.8, 4) is 17.3 Å². The summed E-state index contributed by atoms with van der Waals surface area (Å²) >= 11 is 5.94. The maximum absolute atomic E-state index is 16.3. The Kier molecular flexibility index (Phi) is 8.83. The van der Waals surface area contributed by atoms with Gasteiger partial charge in [0.05, 0.1) is 28.1 Å². The Morgan fingerprint density at radius 1 is 1.04 bits per heavy atom. The molecule has 5 rings (SSSR count). The topological polar surface area (TPSA) is 110 Å². The molecule has 2 saturated heterocycles. The first-order valence-electron chi connectivity index (χ1n) is 14.2. The summed E-state index contributed by atoms with van der Waals surface area (Å²) in [5.74, 6) is -2.17. The van der Waals surface area contributed by atoms with Gasteiger partial charge in [0.1, 0.15) is 22.6 Å². The summed E-state index contributed by atoms with van der Waals surface area (Å²) in [4.78, 5) is 39.6. The summed E-state index contributed by atoms with van der Waals surface area (Å²) in [6.45, 7) is 4.66. The van der Waals surface area contributed by atoms with E-state index in [1.807, 2.05) is 0 Å². The largest absolute Gasteiger partial charge is 0.454 e. The summed E-state index contributed by atoms with van der Waals surface area (Å²) in [6.07, 6.45) is -8.31. The molecule has 1 N–H and O–H groups in total. The van der Waals surface area contributed by atoms with Gasteiger partial charge in [0, 0.05) is 37.5 Å². The lowest BCUT2D eigenvalue weighted by atomic mass is 10.0. The minimum absolute atomic E-state index is 0.0908. The lowest BCUT2D eigenvalue weighted by Crippen LogP contribution is -2.57. The van der Waals surface area contributed by atoms with Crippen LogP contribution < -0.4 is 15.0 Å². The molecule has 18 heteroatoms. The lowest BCUT2D eigenvalue weighted by molar-refractivity contribution is -0.154. The van der Waals surface area contributed by atoms with Crippen molar-refractivity contribution in [1.29, 1.82) is 0 Å². The highest BCUT2D eigenvalue weighted by molar-refractivity contribution is 6.32. The monoisotopic (exact) mass is 692 g/mol. The van der Waals surface area contributed by atoms with Crippen molar-refractivity contribution < 1.29 is 49.8 Å². The Hall–Kier alpha value is -4.15. The van der Waals surface area contributed by atoms with Crippen molar-refractivity contribution in [2.24, 2.45) is 0 Å². The van der Waals surface area contributed by atoms with Gasteiger partial charge in [-0.15, -0.1) is 0 Å². The minimum atomic E-state index is -5.10. The summed E-state index contributed by atoms with van der Waals surface area (Å²) in [6, 6.07) is -0.00672. The van der Waals surface area contributed by atoms with Gasteiger partial charge >= 0.3 is 24.5 Å². The number of nitrogens with one attached hydrogen (secondary N) is 1. The average Bonchev–Trinajstić information content (AvgIpc) is 3.18. The SMILES string of the molecule is CC(=O)Nc1cc(Cl)c(C(F)(F)F)c(-c2ncc3c(N4CC5CCC(C4)N5C(=O)OC(C)(C)C)nc(OCC(F)(F)F)nc3c2F)c1. The van der Waals surface area contributed by atoms with Crippen molar-refractivity contribution in [2.45, 2.75) is 70.6 Å². The van der Waals surface area contributed by atoms with Crippen LogP contribution in [0.4, 0.5) is 47.0 Å². The first-order chi connectivity index (χ1) is 21.7. The van der Waals surface area contributed by atoms with E-state index in [2.05, 4.69) is 20.3 Å². The van der Waals surface area contributed by atoms with Gasteiger partial charge < -0.3 is 19.7 Å². The van der Waals surface area contributed by atoms with Gasteiger partial charge in [-0.1, -0.05) is 11.6 Å². The minimum Gasteiger partial charge on any atom is -0.454 e. The van der Waals surface area contributed by atoms with Crippen LogP contribution in [0.3, 0.4) is 0 Å². The molecule has 2 aliphatic rings. The molecule has 0 aliphatic carbocycles. The Labute approximate surface area is 268 Å². The highest BCUT2D eigenvalue weighted by atomic mass is 35.5. The second-order valence-corrected chi connectivity index (χ2v) is 12.6. The van der Waals surface area contributed by atoms with E-state index in [-0.39, 0.29) is 30.0 Å². The van der Waals surface area contributed by atoms with Crippen molar-refractivity contribution in [2.75, 3.05) is 29.9 Å². The van der Waals surface area contributed by atoms with Crippen LogP contribution in [0.5, 0.6) is 6.01 Å². The number of benzene rings is 1. The Morgan fingerprint density at radius 2 is 1.68 bits per heavy atom. The van der Waals surface area contributed by atoms with Gasteiger partial charge in [-0.05, 0) is 45.7 Å². The molecule has 2 fully saturated rings. The molecule has 2 aromatic heterocycles. The number of anilines is 2. The highest BCUT2D eigenvalue weighted by Gasteiger charge is 2.45. The number of fused-ring (bicyclic) bond motifs is 3. The van der Waals surface area contributed by atoms with Crippen LogP contribution >= 0.6 is 11.6 Å². The fraction of sp³-hybridized carbons (Fsp3) is 0.483. The lowest BCUT2D eigenvalue weighted by Gasteiger charge is -2.42. The predicted octanol–water partition coefficient (Wildman–Crippen LogP) is 6.99. The number of hydrogen-bond donors (Lipinski definition) is 1. The molecule has 2 amide bonds. The molecule has 2 aliphatic heterocycles. The molecular weight excluding hydrogens is 665 g/mol. The zero-order valence-electron chi connectivity index (χ0n) is 25.3. The van der Waals surface area contributed by atoms with Crippen molar-refractivity contribution in [3.63, 3.8) is 0 Å².